The predicted molar refractivity (Wildman–Crippen MR) is 192 cm³/mol. The highest BCUT2D eigenvalue weighted by Gasteiger charge is 2.17. The Morgan fingerprint density at radius 1 is 0.295 bits per heavy atom. The van der Waals surface area contributed by atoms with E-state index in [2.05, 4.69) is 169 Å². The molecular weight excluding hydrogens is 551 g/mol. The molecule has 0 amide bonds. The van der Waals surface area contributed by atoms with Gasteiger partial charge in [0, 0.05) is 37.2 Å². The summed E-state index contributed by atoms with van der Waals surface area (Å²) in [4.78, 5) is 2.42. The first-order chi connectivity index (χ1) is 21.8. The van der Waals surface area contributed by atoms with Crippen molar-refractivity contribution >= 4 is 80.9 Å². The van der Waals surface area contributed by atoms with Gasteiger partial charge in [0.05, 0.1) is 0 Å². The van der Waals surface area contributed by atoms with Crippen LogP contribution in [0, 0.1) is 0 Å². The smallest absolute Gasteiger partial charge is 0.0476 e. The Labute approximate surface area is 259 Å². The van der Waals surface area contributed by atoms with Gasteiger partial charge in [-0.2, -0.15) is 0 Å². The number of hydrogen-bond acceptors (Lipinski definition) is 2. The minimum absolute atomic E-state index is 1.14. The summed E-state index contributed by atoms with van der Waals surface area (Å²) in [6.45, 7) is 0. The van der Waals surface area contributed by atoms with Crippen LogP contribution in [0.25, 0.3) is 63.6 Å². The fourth-order valence-electron chi connectivity index (χ4n) is 6.79. The lowest BCUT2D eigenvalue weighted by molar-refractivity contribution is 1.30. The Bertz CT molecular complexity index is 2470. The van der Waals surface area contributed by atoms with E-state index in [9.17, 15) is 0 Å². The lowest BCUT2D eigenvalue weighted by Crippen LogP contribution is -2.10. The summed E-state index contributed by atoms with van der Waals surface area (Å²) in [6.07, 6.45) is 0. The molecule has 1 nitrogen and oxygen atoms in total. The third kappa shape index (κ3) is 4.00. The summed E-state index contributed by atoms with van der Waals surface area (Å²) >= 11 is 1.86. The van der Waals surface area contributed by atoms with Gasteiger partial charge in [-0.3, -0.25) is 0 Å². The fourth-order valence-corrected chi connectivity index (χ4v) is 7.93. The summed E-state index contributed by atoms with van der Waals surface area (Å²) in [5.74, 6) is 0. The third-order valence-corrected chi connectivity index (χ3v) is 9.95. The Kier molecular flexibility index (Phi) is 5.75. The average Bonchev–Trinajstić information content (AvgIpc) is 3.47. The molecule has 0 saturated heterocycles. The zero-order valence-electron chi connectivity index (χ0n) is 23.9. The van der Waals surface area contributed by atoms with E-state index >= 15 is 0 Å². The molecule has 9 aromatic rings. The van der Waals surface area contributed by atoms with E-state index in [4.69, 9.17) is 0 Å². The van der Waals surface area contributed by atoms with Gasteiger partial charge in [-0.1, -0.05) is 121 Å². The van der Waals surface area contributed by atoms with E-state index < -0.39 is 0 Å². The maximum Gasteiger partial charge on any atom is 0.0476 e. The van der Waals surface area contributed by atoms with Crippen molar-refractivity contribution in [3.63, 3.8) is 0 Å². The summed E-state index contributed by atoms with van der Waals surface area (Å²) in [6, 6.07) is 59.8. The lowest BCUT2D eigenvalue weighted by Gasteiger charge is -2.27. The molecule has 0 aliphatic rings. The van der Waals surface area contributed by atoms with Crippen LogP contribution in [0.1, 0.15) is 0 Å². The van der Waals surface area contributed by atoms with Gasteiger partial charge in [0.25, 0.3) is 0 Å². The van der Waals surface area contributed by atoms with Gasteiger partial charge in [-0.05, 0) is 85.9 Å². The van der Waals surface area contributed by atoms with Crippen LogP contribution in [0.5, 0.6) is 0 Å². The van der Waals surface area contributed by atoms with Crippen molar-refractivity contribution in [3.8, 4) is 11.1 Å². The van der Waals surface area contributed by atoms with Crippen molar-refractivity contribution in [1.29, 1.82) is 0 Å². The van der Waals surface area contributed by atoms with Crippen LogP contribution in [-0.4, -0.2) is 0 Å². The lowest BCUT2D eigenvalue weighted by atomic mass is 9.94. The molecular formula is C42H27NS. The summed E-state index contributed by atoms with van der Waals surface area (Å²) < 4.78 is 2.62. The van der Waals surface area contributed by atoms with Crippen molar-refractivity contribution < 1.29 is 0 Å². The number of rotatable bonds is 4. The molecule has 1 heterocycles. The fraction of sp³-hybridized carbons (Fsp3) is 0. The number of thiophene rings is 1. The van der Waals surface area contributed by atoms with Crippen LogP contribution >= 0.6 is 11.3 Å². The molecule has 0 aliphatic carbocycles. The monoisotopic (exact) mass is 577 g/mol. The quantitative estimate of drug-likeness (QED) is 0.188. The number of anilines is 3. The maximum absolute atomic E-state index is 2.42. The van der Waals surface area contributed by atoms with Gasteiger partial charge in [-0.15, -0.1) is 11.3 Å². The molecule has 0 saturated carbocycles. The first kappa shape index (κ1) is 25.1. The zero-order chi connectivity index (χ0) is 29.0. The molecule has 0 fully saturated rings. The van der Waals surface area contributed by atoms with E-state index in [0.717, 1.165) is 17.1 Å². The second-order valence-corrected chi connectivity index (χ2v) is 12.4. The summed E-state index contributed by atoms with van der Waals surface area (Å²) in [7, 11) is 0. The Morgan fingerprint density at radius 2 is 0.795 bits per heavy atom. The van der Waals surface area contributed by atoms with Crippen LogP contribution in [0.2, 0.25) is 0 Å². The molecule has 0 N–H and O–H groups in total. The second kappa shape index (κ2) is 10.1. The molecule has 0 spiro atoms. The largest absolute Gasteiger partial charge is 0.310 e. The topological polar surface area (TPSA) is 3.24 Å². The van der Waals surface area contributed by atoms with E-state index in [1.807, 2.05) is 11.3 Å². The van der Waals surface area contributed by atoms with E-state index in [1.54, 1.807) is 0 Å². The van der Waals surface area contributed by atoms with Gasteiger partial charge in [0.1, 0.15) is 0 Å². The number of benzene rings is 8. The highest BCUT2D eigenvalue weighted by atomic mass is 32.1. The Balaban J connectivity index is 1.31. The van der Waals surface area contributed by atoms with Gasteiger partial charge in [-0.25, -0.2) is 0 Å². The van der Waals surface area contributed by atoms with Crippen LogP contribution in [0.3, 0.4) is 0 Å². The SMILES string of the molecule is c1ccc(-c2cccc(N(c3ccc4c(c3)sc3ccccc34)c3ccc4c5ccccc5c5ccccc5c4c3)c2)cc1. The highest BCUT2D eigenvalue weighted by molar-refractivity contribution is 7.25. The van der Waals surface area contributed by atoms with E-state index in [0.29, 0.717) is 0 Å². The molecule has 0 bridgehead atoms. The number of nitrogens with zero attached hydrogens (tertiary/aromatic N) is 1. The molecule has 206 valence electrons. The first-order valence-corrected chi connectivity index (χ1v) is 15.8. The zero-order valence-corrected chi connectivity index (χ0v) is 24.8. The van der Waals surface area contributed by atoms with Gasteiger partial charge < -0.3 is 4.90 Å². The molecule has 9 rings (SSSR count). The van der Waals surface area contributed by atoms with E-state index in [1.165, 1.54) is 63.6 Å². The molecule has 0 atom stereocenters. The molecule has 8 aromatic carbocycles. The Morgan fingerprint density at radius 3 is 1.52 bits per heavy atom. The average molecular weight is 578 g/mol. The van der Waals surface area contributed by atoms with Crippen molar-refractivity contribution in [3.05, 3.63) is 164 Å². The standard InChI is InChI=1S/C42H27NS/c1-2-11-28(12-3-1)29-13-10-14-30(25-29)43(32-22-24-39-38-19-8-9-20-41(38)44-42(39)27-32)31-21-23-37-35-17-5-4-15-33(35)34-16-6-7-18-36(34)40(37)26-31/h1-27H. The molecule has 0 unspecified atom stereocenters. The minimum atomic E-state index is 1.14. The van der Waals surface area contributed by atoms with Gasteiger partial charge in [0.15, 0.2) is 0 Å². The van der Waals surface area contributed by atoms with Crippen molar-refractivity contribution in [1.82, 2.24) is 0 Å². The third-order valence-electron chi connectivity index (χ3n) is 8.82. The predicted octanol–water partition coefficient (Wildman–Crippen LogP) is 12.7. The molecule has 2 heteroatoms. The van der Waals surface area contributed by atoms with Crippen molar-refractivity contribution in [2.75, 3.05) is 4.90 Å². The normalized spacial score (nSPS) is 11.6. The van der Waals surface area contributed by atoms with Crippen LogP contribution in [0.4, 0.5) is 17.1 Å². The van der Waals surface area contributed by atoms with Crippen molar-refractivity contribution in [2.45, 2.75) is 0 Å². The van der Waals surface area contributed by atoms with Crippen LogP contribution in [-0.2, 0) is 0 Å². The molecule has 44 heavy (non-hydrogen) atoms. The van der Waals surface area contributed by atoms with Gasteiger partial charge in [0.2, 0.25) is 0 Å². The van der Waals surface area contributed by atoms with Crippen LogP contribution in [0.15, 0.2) is 164 Å². The van der Waals surface area contributed by atoms with E-state index in [-0.39, 0.29) is 0 Å². The number of hydrogen-bond donors (Lipinski definition) is 0. The molecule has 0 aliphatic heterocycles. The summed E-state index contributed by atoms with van der Waals surface area (Å²) in [5, 5.41) is 10.3. The number of fused-ring (bicyclic) bond motifs is 9. The molecule has 0 radical (unpaired) electrons. The van der Waals surface area contributed by atoms with Crippen molar-refractivity contribution in [2.24, 2.45) is 0 Å². The second-order valence-electron chi connectivity index (χ2n) is 11.4. The maximum atomic E-state index is 2.42. The van der Waals surface area contributed by atoms with Crippen LogP contribution < -0.4 is 4.90 Å². The van der Waals surface area contributed by atoms with Gasteiger partial charge >= 0.3 is 0 Å². The molecule has 1 aromatic heterocycles. The highest BCUT2D eigenvalue weighted by Crippen LogP contribution is 2.43. The summed E-state index contributed by atoms with van der Waals surface area (Å²) in [5.41, 5.74) is 5.84. The Hall–Kier alpha value is -5.44. The minimum Gasteiger partial charge on any atom is -0.310 e. The first-order valence-electron chi connectivity index (χ1n) is 15.0.